The van der Waals surface area contributed by atoms with Crippen LogP contribution in [-0.2, 0) is 11.8 Å². The van der Waals surface area contributed by atoms with Crippen LogP contribution in [0.2, 0.25) is 0 Å². The molecule has 0 fully saturated rings. The smallest absolute Gasteiger partial charge is 0.0991 e. The number of nitrogens with zero attached hydrogens (tertiary/aromatic N) is 1. The van der Waals surface area contributed by atoms with Crippen LogP contribution in [0.15, 0.2) is 162 Å². The number of rotatable bonds is 20. The standard InChI is InChI=1S/C51H58BrN3/c1-7-20-44-27-16-17-28-46(44)40(4)51(6,38-42-23-14-11-15-24-42)49(55-36-9-3)32-29-43(39-53)26-19-34-50(5,33-18-25-41-21-12-10-13-22-41)47-37-45(52)30-31-48(47)54-35-8-2/h7,10-32,37,54-55H,4,8-9,33-36,38H2,1-3,5-6H3/b20-7-,25-18+,26-19+,43-29-,49-32+. The molecular formula is C51H58BrN3. The monoisotopic (exact) mass is 791 g/mol. The summed E-state index contributed by atoms with van der Waals surface area (Å²) in [6.45, 7) is 17.5. The van der Waals surface area contributed by atoms with E-state index in [4.69, 9.17) is 6.58 Å². The first-order chi connectivity index (χ1) is 26.7. The van der Waals surface area contributed by atoms with Gasteiger partial charge in [-0.05, 0) is 116 Å². The Morgan fingerprint density at radius 3 is 2.18 bits per heavy atom. The molecule has 0 saturated carbocycles. The maximum atomic E-state index is 10.5. The summed E-state index contributed by atoms with van der Waals surface area (Å²) in [6, 6.07) is 38.5. The highest BCUT2D eigenvalue weighted by Crippen LogP contribution is 2.44. The third kappa shape index (κ3) is 12.2. The highest BCUT2D eigenvalue weighted by Gasteiger charge is 2.34. The van der Waals surface area contributed by atoms with E-state index in [0.29, 0.717) is 5.57 Å². The van der Waals surface area contributed by atoms with E-state index in [9.17, 15) is 5.26 Å². The minimum absolute atomic E-state index is 0.238. The number of nitriles is 1. The molecule has 284 valence electrons. The van der Waals surface area contributed by atoms with Crippen LogP contribution in [0.25, 0.3) is 17.7 Å². The topological polar surface area (TPSA) is 47.9 Å². The number of hydrogen-bond acceptors (Lipinski definition) is 3. The molecule has 4 aromatic rings. The molecule has 0 spiro atoms. The minimum Gasteiger partial charge on any atom is -0.388 e. The first-order valence-corrected chi connectivity index (χ1v) is 20.4. The van der Waals surface area contributed by atoms with Crippen molar-refractivity contribution in [2.24, 2.45) is 5.41 Å². The summed E-state index contributed by atoms with van der Waals surface area (Å²) in [5.41, 5.74) is 9.00. The molecule has 2 atom stereocenters. The van der Waals surface area contributed by atoms with Crippen molar-refractivity contribution >= 4 is 39.3 Å². The maximum absolute atomic E-state index is 10.5. The zero-order chi connectivity index (χ0) is 39.5. The van der Waals surface area contributed by atoms with E-state index in [0.717, 1.165) is 77.8 Å². The molecule has 4 aromatic carbocycles. The van der Waals surface area contributed by atoms with Gasteiger partial charge in [0.15, 0.2) is 0 Å². The largest absolute Gasteiger partial charge is 0.388 e. The van der Waals surface area contributed by atoms with Crippen molar-refractivity contribution in [3.8, 4) is 6.07 Å². The number of halogens is 1. The summed E-state index contributed by atoms with van der Waals surface area (Å²) >= 11 is 3.75. The number of benzene rings is 4. The Bertz CT molecular complexity index is 2030. The summed E-state index contributed by atoms with van der Waals surface area (Å²) in [4.78, 5) is 0. The lowest BCUT2D eigenvalue weighted by molar-refractivity contribution is 0.485. The lowest BCUT2D eigenvalue weighted by Crippen LogP contribution is -2.33. The molecule has 0 aromatic heterocycles. The second-order valence-corrected chi connectivity index (χ2v) is 15.5. The predicted molar refractivity (Wildman–Crippen MR) is 243 cm³/mol. The highest BCUT2D eigenvalue weighted by atomic mass is 79.9. The van der Waals surface area contributed by atoms with E-state index in [1.54, 1.807) is 0 Å². The van der Waals surface area contributed by atoms with Crippen LogP contribution in [0.5, 0.6) is 0 Å². The number of allylic oxidation sites excluding steroid dienone is 8. The van der Waals surface area contributed by atoms with Gasteiger partial charge in [-0.1, -0.05) is 159 Å². The van der Waals surface area contributed by atoms with Gasteiger partial charge in [-0.3, -0.25) is 0 Å². The Morgan fingerprint density at radius 2 is 1.49 bits per heavy atom. The molecule has 4 heteroatoms. The summed E-state index contributed by atoms with van der Waals surface area (Å²) < 4.78 is 1.05. The quantitative estimate of drug-likeness (QED) is 0.0692. The summed E-state index contributed by atoms with van der Waals surface area (Å²) in [7, 11) is 0. The fourth-order valence-electron chi connectivity index (χ4n) is 6.96. The third-order valence-electron chi connectivity index (χ3n) is 10.2. The van der Waals surface area contributed by atoms with Crippen LogP contribution in [0, 0.1) is 16.7 Å². The number of hydrogen-bond donors (Lipinski definition) is 2. The molecule has 2 N–H and O–H groups in total. The SMILES string of the molecule is C=C(c1ccccc1/C=C\C)C(C)(Cc1ccccc1)\C(=C/C=C(C#N)/C=C/CC(C)(C/C=C/c1ccccc1)c1cc(Br)ccc1NCCC)NCCC. The summed E-state index contributed by atoms with van der Waals surface area (Å²) in [5.74, 6) is 0. The van der Waals surface area contributed by atoms with Crippen molar-refractivity contribution in [1.82, 2.24) is 5.32 Å². The van der Waals surface area contributed by atoms with Crippen LogP contribution < -0.4 is 10.6 Å². The van der Waals surface area contributed by atoms with Crippen molar-refractivity contribution in [3.05, 3.63) is 190 Å². The first kappa shape index (κ1) is 42.6. The van der Waals surface area contributed by atoms with Crippen molar-refractivity contribution in [3.63, 3.8) is 0 Å². The molecule has 55 heavy (non-hydrogen) atoms. The van der Waals surface area contributed by atoms with Gasteiger partial charge in [0.1, 0.15) is 0 Å². The Balaban J connectivity index is 1.75. The molecule has 3 nitrogen and oxygen atoms in total. The van der Waals surface area contributed by atoms with Gasteiger partial charge >= 0.3 is 0 Å². The molecule has 0 saturated heterocycles. The van der Waals surface area contributed by atoms with E-state index in [-0.39, 0.29) is 5.41 Å². The summed E-state index contributed by atoms with van der Waals surface area (Å²) in [6.07, 6.45) is 21.2. The lowest BCUT2D eigenvalue weighted by atomic mass is 9.71. The highest BCUT2D eigenvalue weighted by molar-refractivity contribution is 9.10. The Morgan fingerprint density at radius 1 is 0.818 bits per heavy atom. The van der Waals surface area contributed by atoms with Crippen LogP contribution in [-0.4, -0.2) is 13.1 Å². The van der Waals surface area contributed by atoms with E-state index in [1.165, 1.54) is 16.7 Å². The van der Waals surface area contributed by atoms with E-state index >= 15 is 0 Å². The van der Waals surface area contributed by atoms with Crippen molar-refractivity contribution in [2.45, 2.75) is 72.1 Å². The van der Waals surface area contributed by atoms with Crippen molar-refractivity contribution in [1.29, 1.82) is 5.26 Å². The fourth-order valence-corrected chi connectivity index (χ4v) is 7.32. The zero-order valence-corrected chi connectivity index (χ0v) is 35.0. The Kier molecular flexibility index (Phi) is 16.8. The van der Waals surface area contributed by atoms with Gasteiger partial charge in [0, 0.05) is 39.8 Å². The van der Waals surface area contributed by atoms with Crippen LogP contribution >= 0.6 is 15.9 Å². The average molecular weight is 793 g/mol. The van der Waals surface area contributed by atoms with Gasteiger partial charge in [0.2, 0.25) is 0 Å². The lowest BCUT2D eigenvalue weighted by Gasteiger charge is -2.36. The third-order valence-corrected chi connectivity index (χ3v) is 10.7. The van der Waals surface area contributed by atoms with E-state index < -0.39 is 5.41 Å². The Labute approximate surface area is 340 Å². The maximum Gasteiger partial charge on any atom is 0.0991 e. The minimum atomic E-state index is -0.485. The van der Waals surface area contributed by atoms with Crippen molar-refractivity contribution in [2.75, 3.05) is 18.4 Å². The van der Waals surface area contributed by atoms with Crippen LogP contribution in [0.4, 0.5) is 5.69 Å². The van der Waals surface area contributed by atoms with E-state index in [1.807, 2.05) is 25.1 Å². The Hall–Kier alpha value is -5.11. The second kappa shape index (κ2) is 21.7. The van der Waals surface area contributed by atoms with Gasteiger partial charge < -0.3 is 10.6 Å². The zero-order valence-electron chi connectivity index (χ0n) is 33.4. The normalized spacial score (nSPS) is 14.5. The molecule has 0 heterocycles. The van der Waals surface area contributed by atoms with Gasteiger partial charge in [-0.25, -0.2) is 0 Å². The fraction of sp³-hybridized carbons (Fsp3) is 0.275. The van der Waals surface area contributed by atoms with Gasteiger partial charge in [-0.15, -0.1) is 0 Å². The molecule has 0 amide bonds. The first-order valence-electron chi connectivity index (χ1n) is 19.6. The number of anilines is 1. The van der Waals surface area contributed by atoms with E-state index in [2.05, 4.69) is 194 Å². The molecule has 4 rings (SSSR count). The molecule has 0 bridgehead atoms. The van der Waals surface area contributed by atoms with Crippen LogP contribution in [0.1, 0.15) is 88.1 Å². The summed E-state index contributed by atoms with van der Waals surface area (Å²) in [5, 5.41) is 17.9. The molecular weight excluding hydrogens is 734 g/mol. The van der Waals surface area contributed by atoms with Crippen molar-refractivity contribution < 1.29 is 0 Å². The number of nitrogens with one attached hydrogen (secondary N) is 2. The molecule has 2 unspecified atom stereocenters. The van der Waals surface area contributed by atoms with Gasteiger partial charge in [0.25, 0.3) is 0 Å². The molecule has 0 radical (unpaired) electrons. The molecule has 0 aliphatic carbocycles. The van der Waals surface area contributed by atoms with Crippen LogP contribution in [0.3, 0.4) is 0 Å². The molecule has 0 aliphatic rings. The van der Waals surface area contributed by atoms with Gasteiger partial charge in [0.05, 0.1) is 11.6 Å². The molecule has 0 aliphatic heterocycles. The predicted octanol–water partition coefficient (Wildman–Crippen LogP) is 13.9. The second-order valence-electron chi connectivity index (χ2n) is 14.6. The van der Waals surface area contributed by atoms with Gasteiger partial charge in [-0.2, -0.15) is 5.26 Å². The average Bonchev–Trinajstić information content (AvgIpc) is 3.20.